The van der Waals surface area contributed by atoms with Gasteiger partial charge in [-0.1, -0.05) is 32.6 Å². The molecule has 1 aliphatic carbocycles. The predicted molar refractivity (Wildman–Crippen MR) is 114 cm³/mol. The highest BCUT2D eigenvalue weighted by atomic mass is 16.2. The quantitative estimate of drug-likeness (QED) is 0.777. The molecule has 0 aromatic carbocycles. The summed E-state index contributed by atoms with van der Waals surface area (Å²) in [6.07, 6.45) is 10.1. The van der Waals surface area contributed by atoms with Gasteiger partial charge in [0.15, 0.2) is 5.78 Å². The molecule has 1 aromatic rings. The highest BCUT2D eigenvalue weighted by Crippen LogP contribution is 2.37. The summed E-state index contributed by atoms with van der Waals surface area (Å²) in [4.78, 5) is 35.2. The Labute approximate surface area is 170 Å². The summed E-state index contributed by atoms with van der Waals surface area (Å²) in [5, 5.41) is 3.36. The van der Waals surface area contributed by atoms with Crippen LogP contribution >= 0.6 is 0 Å². The summed E-state index contributed by atoms with van der Waals surface area (Å²) in [6, 6.07) is 0. The molecular weight excluding hydrogens is 364 g/mol. The number of anilines is 1. The fourth-order valence-corrected chi connectivity index (χ4v) is 3.72. The molecule has 3 heterocycles. The predicted octanol–water partition coefficient (Wildman–Crippen LogP) is 3.62. The van der Waals surface area contributed by atoms with E-state index in [1.165, 1.54) is 0 Å². The van der Waals surface area contributed by atoms with Crippen molar-refractivity contribution in [2.45, 2.75) is 33.7 Å². The first-order chi connectivity index (χ1) is 13.8. The van der Waals surface area contributed by atoms with Crippen LogP contribution in [-0.4, -0.2) is 40.9 Å². The second-order valence-electron chi connectivity index (χ2n) is 8.39. The molecule has 148 valence electrons. The van der Waals surface area contributed by atoms with Crippen LogP contribution in [-0.2, 0) is 11.3 Å². The molecule has 0 radical (unpaired) electrons. The average Bonchev–Trinajstić information content (AvgIpc) is 3.07. The number of dihydropyridines is 1. The van der Waals surface area contributed by atoms with Gasteiger partial charge in [0.1, 0.15) is 0 Å². The number of allylic oxidation sites excluding steroid dienone is 4. The minimum Gasteiger partial charge on any atom is -0.355 e. The molecule has 1 aromatic heterocycles. The molecule has 0 atom stereocenters. The fourth-order valence-electron chi connectivity index (χ4n) is 3.72. The van der Waals surface area contributed by atoms with E-state index in [0.717, 1.165) is 34.8 Å². The van der Waals surface area contributed by atoms with E-state index < -0.39 is 5.41 Å². The maximum Gasteiger partial charge on any atom is 0.228 e. The third kappa shape index (κ3) is 3.68. The van der Waals surface area contributed by atoms with Crippen LogP contribution in [0.5, 0.6) is 0 Å². The van der Waals surface area contributed by atoms with Crippen LogP contribution in [0.3, 0.4) is 0 Å². The summed E-state index contributed by atoms with van der Waals surface area (Å²) >= 11 is 0. The van der Waals surface area contributed by atoms with Gasteiger partial charge in [-0.25, -0.2) is 0 Å². The molecule has 0 unspecified atom stereocenters. The molecule has 0 fully saturated rings. The van der Waals surface area contributed by atoms with Gasteiger partial charge in [0.2, 0.25) is 5.91 Å². The Balaban J connectivity index is 1.79. The van der Waals surface area contributed by atoms with E-state index in [-0.39, 0.29) is 18.2 Å². The molecule has 4 rings (SSSR count). The van der Waals surface area contributed by atoms with E-state index in [4.69, 9.17) is 0 Å². The number of hydrogen-bond donors (Lipinski definition) is 2. The van der Waals surface area contributed by atoms with Crippen molar-refractivity contribution < 1.29 is 9.59 Å². The van der Waals surface area contributed by atoms with Gasteiger partial charge in [-0.05, 0) is 36.0 Å². The first kappa shape index (κ1) is 19.0. The largest absolute Gasteiger partial charge is 0.355 e. The smallest absolute Gasteiger partial charge is 0.228 e. The van der Waals surface area contributed by atoms with E-state index in [1.807, 2.05) is 39.0 Å². The number of ketones is 1. The van der Waals surface area contributed by atoms with Crippen LogP contribution < -0.4 is 5.32 Å². The normalized spacial score (nSPS) is 17.9. The fraction of sp³-hybridized carbons (Fsp3) is 0.348. The number of hydrogen-bond acceptors (Lipinski definition) is 4. The Bertz CT molecular complexity index is 1080. The third-order valence-corrected chi connectivity index (χ3v) is 5.09. The van der Waals surface area contributed by atoms with E-state index in [9.17, 15) is 9.59 Å². The van der Waals surface area contributed by atoms with Crippen molar-refractivity contribution in [1.82, 2.24) is 9.88 Å². The maximum absolute atomic E-state index is 13.1. The first-order valence-corrected chi connectivity index (χ1v) is 9.77. The first-order valence-electron chi connectivity index (χ1n) is 9.77. The number of rotatable bonds is 3. The van der Waals surface area contributed by atoms with Crippen LogP contribution in [0.4, 0.5) is 5.69 Å². The van der Waals surface area contributed by atoms with Crippen LogP contribution in [0.1, 0.15) is 48.9 Å². The zero-order chi connectivity index (χ0) is 20.6. The van der Waals surface area contributed by atoms with Gasteiger partial charge < -0.3 is 15.2 Å². The molecule has 2 aliphatic heterocycles. The summed E-state index contributed by atoms with van der Waals surface area (Å²) in [5.74, 6) is -0.101. The van der Waals surface area contributed by atoms with Gasteiger partial charge in [0.25, 0.3) is 0 Å². The summed E-state index contributed by atoms with van der Waals surface area (Å²) < 4.78 is 0. The second-order valence-corrected chi connectivity index (χ2v) is 8.39. The number of carbonyl (C=O) groups is 2. The van der Waals surface area contributed by atoms with Crippen molar-refractivity contribution in [2.75, 3.05) is 18.4 Å². The Kier molecular flexibility index (Phi) is 4.75. The van der Waals surface area contributed by atoms with Gasteiger partial charge >= 0.3 is 0 Å². The van der Waals surface area contributed by atoms with Crippen LogP contribution in [0.15, 0.2) is 46.5 Å². The number of nitrogens with zero attached hydrogens (tertiary/aromatic N) is 2. The summed E-state index contributed by atoms with van der Waals surface area (Å²) in [7, 11) is 0. The van der Waals surface area contributed by atoms with E-state index in [2.05, 4.69) is 26.8 Å². The van der Waals surface area contributed by atoms with Crippen molar-refractivity contribution in [2.24, 2.45) is 10.4 Å². The summed E-state index contributed by atoms with van der Waals surface area (Å²) in [5.41, 5.74) is 10.2. The van der Waals surface area contributed by atoms with Crippen molar-refractivity contribution in [3.8, 4) is 0 Å². The molecule has 3 aliphatic rings. The van der Waals surface area contributed by atoms with Crippen LogP contribution in [0.25, 0.3) is 5.57 Å². The minimum absolute atomic E-state index is 0.0304. The highest BCUT2D eigenvalue weighted by Gasteiger charge is 2.36. The number of carbonyl (C=O) groups excluding carboxylic acids is 2. The molecule has 0 spiro atoms. The van der Waals surface area contributed by atoms with Crippen molar-refractivity contribution >= 4 is 29.2 Å². The molecule has 29 heavy (non-hydrogen) atoms. The Morgan fingerprint density at radius 2 is 2.14 bits per heavy atom. The number of nitrogens with one attached hydrogen (secondary N) is 2. The van der Waals surface area contributed by atoms with Gasteiger partial charge in [0, 0.05) is 23.9 Å². The molecule has 6 heteroatoms. The third-order valence-electron chi connectivity index (χ3n) is 5.09. The molecule has 6 nitrogen and oxygen atoms in total. The second kappa shape index (κ2) is 7.25. The van der Waals surface area contributed by atoms with Crippen molar-refractivity contribution in [3.05, 3.63) is 58.4 Å². The molecule has 0 bridgehead atoms. The topological polar surface area (TPSA) is 77.6 Å². The Hall–Kier alpha value is -3.33. The Morgan fingerprint density at radius 1 is 1.31 bits per heavy atom. The SMILES string of the molecule is CC(C)(C)C(=O)N1CC(=O)c2c([nH]c(C3=CC=NCC3)c2NC2=C=C=CC=C2)C1. The standard InChI is InChI=1S/C23H24N4O2/c1-23(2,3)22(29)27-13-17-19(18(28)14-27)21(25-16-7-5-4-6-8-16)20(26-17)15-9-11-24-12-10-15/h4-5,7,9,11,25-26H,10,12-14H2,1-3H3. The van der Waals surface area contributed by atoms with E-state index >= 15 is 0 Å². The lowest BCUT2D eigenvalue weighted by Crippen LogP contribution is -2.44. The van der Waals surface area contributed by atoms with Crippen LogP contribution in [0, 0.1) is 5.41 Å². The zero-order valence-electron chi connectivity index (χ0n) is 16.9. The lowest BCUT2D eigenvalue weighted by Gasteiger charge is -2.31. The number of aromatic amines is 1. The van der Waals surface area contributed by atoms with Gasteiger partial charge in [-0.3, -0.25) is 14.6 Å². The molecule has 0 saturated carbocycles. The number of fused-ring (bicyclic) bond motifs is 1. The van der Waals surface area contributed by atoms with E-state index in [1.54, 1.807) is 17.2 Å². The average molecular weight is 388 g/mol. The number of aromatic nitrogens is 1. The minimum atomic E-state index is -0.536. The van der Waals surface area contributed by atoms with Gasteiger partial charge in [0.05, 0.1) is 35.7 Å². The highest BCUT2D eigenvalue weighted by molar-refractivity contribution is 6.09. The molecule has 2 N–H and O–H groups in total. The number of amides is 1. The lowest BCUT2D eigenvalue weighted by atomic mass is 9.93. The molecule has 0 saturated heterocycles. The number of H-pyrrole nitrogens is 1. The number of aliphatic imine (C=N–C) groups is 1. The van der Waals surface area contributed by atoms with Crippen molar-refractivity contribution in [3.63, 3.8) is 0 Å². The zero-order valence-corrected chi connectivity index (χ0v) is 16.9. The molecular formula is C23H24N4O2. The number of Topliss-reactive ketones (excluding diaryl/α,β-unsaturated/α-hetero) is 1. The van der Waals surface area contributed by atoms with Crippen LogP contribution in [0.2, 0.25) is 0 Å². The maximum atomic E-state index is 13.1. The van der Waals surface area contributed by atoms with Gasteiger partial charge in [-0.15, -0.1) is 0 Å². The van der Waals surface area contributed by atoms with E-state index in [0.29, 0.717) is 18.7 Å². The molecule has 1 amide bonds. The monoisotopic (exact) mass is 388 g/mol. The lowest BCUT2D eigenvalue weighted by molar-refractivity contribution is -0.139. The van der Waals surface area contributed by atoms with Crippen molar-refractivity contribution in [1.29, 1.82) is 0 Å². The van der Waals surface area contributed by atoms with Gasteiger partial charge in [-0.2, -0.15) is 0 Å². The Morgan fingerprint density at radius 3 is 2.79 bits per heavy atom. The summed E-state index contributed by atoms with van der Waals surface area (Å²) in [6.45, 7) is 6.80.